The molecule has 86 valence electrons. The number of nitriles is 1. The summed E-state index contributed by atoms with van der Waals surface area (Å²) in [4.78, 5) is 8.37. The van der Waals surface area contributed by atoms with Crippen LogP contribution in [-0.4, -0.2) is 19.6 Å². The summed E-state index contributed by atoms with van der Waals surface area (Å²) in [6.45, 7) is 1.96. The fourth-order valence-electron chi connectivity index (χ4n) is 1.93. The highest BCUT2D eigenvalue weighted by Crippen LogP contribution is 2.22. The minimum absolute atomic E-state index is 0.359. The monoisotopic (exact) mass is 235 g/mol. The maximum Gasteiger partial charge on any atom is 0.165 e. The van der Waals surface area contributed by atoms with Crippen LogP contribution >= 0.6 is 0 Å². The lowest BCUT2D eigenvalue weighted by Crippen LogP contribution is -1.99. The molecule has 0 radical (unpaired) electrons. The summed E-state index contributed by atoms with van der Waals surface area (Å²) < 4.78 is 1.69. The lowest BCUT2D eigenvalue weighted by Gasteiger charge is -2.07. The Balaban J connectivity index is 2.37. The van der Waals surface area contributed by atoms with Crippen LogP contribution in [0.5, 0.6) is 0 Å². The smallest absolute Gasteiger partial charge is 0.165 e. The van der Waals surface area contributed by atoms with E-state index in [1.54, 1.807) is 29.2 Å². The molecule has 0 aliphatic carbocycles. The summed E-state index contributed by atoms with van der Waals surface area (Å²) >= 11 is 0. The Morgan fingerprint density at radius 3 is 2.94 bits per heavy atom. The summed E-state index contributed by atoms with van der Waals surface area (Å²) in [7, 11) is 0. The molecule has 3 heterocycles. The van der Waals surface area contributed by atoms with Crippen molar-refractivity contribution >= 4 is 5.65 Å². The Morgan fingerprint density at radius 1 is 1.33 bits per heavy atom. The maximum atomic E-state index is 8.90. The molecular weight excluding hydrogens is 226 g/mol. The van der Waals surface area contributed by atoms with Crippen LogP contribution in [0.1, 0.15) is 11.3 Å². The van der Waals surface area contributed by atoms with E-state index in [1.807, 2.05) is 25.1 Å². The predicted octanol–water partition coefficient (Wildman–Crippen LogP) is 1.97. The highest BCUT2D eigenvalue weighted by atomic mass is 15.3. The lowest BCUT2D eigenvalue weighted by atomic mass is 10.1. The number of hydrogen-bond acceptors (Lipinski definition) is 4. The molecule has 5 heteroatoms. The van der Waals surface area contributed by atoms with Crippen molar-refractivity contribution < 1.29 is 0 Å². The average molecular weight is 235 g/mol. The van der Waals surface area contributed by atoms with Crippen LogP contribution in [0.15, 0.2) is 36.8 Å². The van der Waals surface area contributed by atoms with Gasteiger partial charge in [-0.25, -0.2) is 9.50 Å². The summed E-state index contributed by atoms with van der Waals surface area (Å²) in [5.41, 5.74) is 3.88. The summed E-state index contributed by atoms with van der Waals surface area (Å²) in [6, 6.07) is 7.52. The van der Waals surface area contributed by atoms with E-state index in [0.29, 0.717) is 11.3 Å². The van der Waals surface area contributed by atoms with E-state index >= 15 is 0 Å². The molecule has 0 aromatic carbocycles. The van der Waals surface area contributed by atoms with Crippen molar-refractivity contribution in [2.24, 2.45) is 0 Å². The topological polar surface area (TPSA) is 66.9 Å². The second-order valence-corrected chi connectivity index (χ2v) is 3.94. The van der Waals surface area contributed by atoms with Gasteiger partial charge in [0, 0.05) is 30.2 Å². The van der Waals surface area contributed by atoms with Crippen molar-refractivity contribution in [2.75, 3.05) is 0 Å². The first kappa shape index (κ1) is 10.4. The Bertz CT molecular complexity index is 752. The Morgan fingerprint density at radius 2 is 2.22 bits per heavy atom. The number of hydrogen-bond donors (Lipinski definition) is 0. The largest absolute Gasteiger partial charge is 0.264 e. The van der Waals surface area contributed by atoms with Gasteiger partial charge in [-0.1, -0.05) is 0 Å². The Hall–Kier alpha value is -2.74. The molecule has 0 aliphatic rings. The molecule has 0 bridgehead atoms. The van der Waals surface area contributed by atoms with Gasteiger partial charge in [-0.05, 0) is 24.6 Å². The molecule has 0 aliphatic heterocycles. The van der Waals surface area contributed by atoms with Crippen molar-refractivity contribution in [3.05, 3.63) is 48.0 Å². The molecule has 0 atom stereocenters. The third kappa shape index (κ3) is 1.52. The fourth-order valence-corrected chi connectivity index (χ4v) is 1.93. The molecule has 0 saturated heterocycles. The summed E-state index contributed by atoms with van der Waals surface area (Å²) in [5, 5.41) is 13.1. The van der Waals surface area contributed by atoms with Gasteiger partial charge in [0.2, 0.25) is 0 Å². The molecule has 3 aromatic rings. The molecule has 3 aromatic heterocycles. The van der Waals surface area contributed by atoms with Crippen LogP contribution in [0, 0.1) is 18.3 Å². The average Bonchev–Trinajstić information content (AvgIpc) is 2.82. The van der Waals surface area contributed by atoms with Crippen LogP contribution in [0.4, 0.5) is 0 Å². The number of nitrogens with zero attached hydrogens (tertiary/aromatic N) is 5. The minimum Gasteiger partial charge on any atom is -0.264 e. The first-order chi connectivity index (χ1) is 8.79. The highest BCUT2D eigenvalue weighted by Gasteiger charge is 2.11. The third-order valence-corrected chi connectivity index (χ3v) is 2.72. The summed E-state index contributed by atoms with van der Waals surface area (Å²) in [5.74, 6) is 0. The van der Waals surface area contributed by atoms with Gasteiger partial charge in [-0.15, -0.1) is 0 Å². The van der Waals surface area contributed by atoms with Crippen molar-refractivity contribution in [1.82, 2.24) is 19.6 Å². The quantitative estimate of drug-likeness (QED) is 0.646. The molecule has 0 amide bonds. The van der Waals surface area contributed by atoms with E-state index in [-0.39, 0.29) is 0 Å². The zero-order valence-electron chi connectivity index (χ0n) is 9.70. The number of pyridine rings is 1. The molecule has 18 heavy (non-hydrogen) atoms. The van der Waals surface area contributed by atoms with E-state index in [0.717, 1.165) is 16.8 Å². The van der Waals surface area contributed by atoms with Crippen LogP contribution in [0.2, 0.25) is 0 Å². The normalized spacial score (nSPS) is 10.4. The van der Waals surface area contributed by atoms with Crippen molar-refractivity contribution in [1.29, 1.82) is 5.26 Å². The van der Waals surface area contributed by atoms with E-state index < -0.39 is 0 Å². The molecule has 0 saturated carbocycles. The van der Waals surface area contributed by atoms with E-state index in [1.165, 1.54) is 0 Å². The van der Waals surface area contributed by atoms with Crippen LogP contribution < -0.4 is 0 Å². The highest BCUT2D eigenvalue weighted by molar-refractivity contribution is 5.65. The van der Waals surface area contributed by atoms with E-state index in [9.17, 15) is 0 Å². The van der Waals surface area contributed by atoms with E-state index in [2.05, 4.69) is 15.1 Å². The number of rotatable bonds is 1. The van der Waals surface area contributed by atoms with Gasteiger partial charge in [0.15, 0.2) is 11.3 Å². The van der Waals surface area contributed by atoms with Gasteiger partial charge >= 0.3 is 0 Å². The van der Waals surface area contributed by atoms with Crippen LogP contribution in [0.3, 0.4) is 0 Å². The minimum atomic E-state index is 0.359. The SMILES string of the molecule is Cc1cnc2cc(C#N)nn2c1-c1cccnc1. The van der Waals surface area contributed by atoms with Crippen molar-refractivity contribution in [3.63, 3.8) is 0 Å². The number of aromatic nitrogens is 4. The predicted molar refractivity (Wildman–Crippen MR) is 65.7 cm³/mol. The van der Waals surface area contributed by atoms with Crippen molar-refractivity contribution in [3.8, 4) is 17.3 Å². The van der Waals surface area contributed by atoms with Crippen LogP contribution in [0.25, 0.3) is 16.9 Å². The zero-order valence-corrected chi connectivity index (χ0v) is 9.70. The standard InChI is InChI=1S/C13H9N5/c1-9-7-16-12-5-11(6-14)17-18(12)13(9)10-3-2-4-15-8-10/h2-5,7-8H,1H3. The van der Waals surface area contributed by atoms with Gasteiger partial charge in [0.25, 0.3) is 0 Å². The third-order valence-electron chi connectivity index (χ3n) is 2.72. The van der Waals surface area contributed by atoms with E-state index in [4.69, 9.17) is 5.26 Å². The van der Waals surface area contributed by atoms with Gasteiger partial charge < -0.3 is 0 Å². The molecule has 3 rings (SSSR count). The van der Waals surface area contributed by atoms with Gasteiger partial charge in [-0.3, -0.25) is 4.98 Å². The van der Waals surface area contributed by atoms with Crippen LogP contribution in [-0.2, 0) is 0 Å². The Labute approximate surface area is 103 Å². The zero-order chi connectivity index (χ0) is 12.5. The number of aryl methyl sites for hydroxylation is 1. The van der Waals surface area contributed by atoms with Gasteiger partial charge in [-0.2, -0.15) is 10.4 Å². The maximum absolute atomic E-state index is 8.90. The van der Waals surface area contributed by atoms with Gasteiger partial charge in [0.05, 0.1) is 5.69 Å². The molecule has 0 unspecified atom stereocenters. The molecular formula is C13H9N5. The second-order valence-electron chi connectivity index (χ2n) is 3.94. The Kier molecular flexibility index (Phi) is 2.27. The summed E-state index contributed by atoms with van der Waals surface area (Å²) in [6.07, 6.45) is 5.27. The first-order valence-corrected chi connectivity index (χ1v) is 5.45. The molecule has 0 N–H and O–H groups in total. The van der Waals surface area contributed by atoms with Crippen molar-refractivity contribution in [2.45, 2.75) is 6.92 Å². The fraction of sp³-hybridized carbons (Fsp3) is 0.0769. The molecule has 0 spiro atoms. The second kappa shape index (κ2) is 3.93. The lowest BCUT2D eigenvalue weighted by molar-refractivity contribution is 0.927. The molecule has 5 nitrogen and oxygen atoms in total. The number of fused-ring (bicyclic) bond motifs is 1. The molecule has 0 fully saturated rings. The first-order valence-electron chi connectivity index (χ1n) is 5.45. The van der Waals surface area contributed by atoms with Gasteiger partial charge in [0.1, 0.15) is 6.07 Å².